The molecule has 14 nitrogen and oxygen atoms in total. The fourth-order valence-electron chi connectivity index (χ4n) is 7.69. The molecule has 0 unspecified atom stereocenters. The Labute approximate surface area is 393 Å². The highest BCUT2D eigenvalue weighted by atomic mass is 16.7. The van der Waals surface area contributed by atoms with E-state index in [4.69, 9.17) is 37.6 Å². The van der Waals surface area contributed by atoms with Gasteiger partial charge in [-0.15, -0.1) is 0 Å². The van der Waals surface area contributed by atoms with Gasteiger partial charge in [-0.2, -0.15) is 0 Å². The summed E-state index contributed by atoms with van der Waals surface area (Å²) in [6.45, 7) is 1.84. The predicted octanol–water partition coefficient (Wildman–Crippen LogP) is 10.0. The zero-order chi connectivity index (χ0) is 47.7. The molecule has 5 aromatic carbocycles. The number of benzene rings is 5. The molecule has 1 saturated heterocycles. The van der Waals surface area contributed by atoms with Crippen LogP contribution < -0.4 is 15.1 Å². The summed E-state index contributed by atoms with van der Waals surface area (Å²) in [5.74, 6) is -4.09. The number of ether oxygens (including phenoxy) is 7. The number of hydrogen-bond acceptors (Lipinski definition) is 14. The molecular formula is C54H54O14. The summed E-state index contributed by atoms with van der Waals surface area (Å²) in [4.78, 5) is 68.3. The number of esters is 4. The minimum absolute atomic E-state index is 0.0120. The average Bonchev–Trinajstić information content (AvgIpc) is 3.37. The lowest BCUT2D eigenvalue weighted by Gasteiger charge is -2.44. The van der Waals surface area contributed by atoms with Crippen molar-refractivity contribution in [3.8, 4) is 17.2 Å². The van der Waals surface area contributed by atoms with Gasteiger partial charge in [0.05, 0.1) is 34.2 Å². The monoisotopic (exact) mass is 926 g/mol. The highest BCUT2D eigenvalue weighted by Gasteiger charge is 2.54. The molecule has 1 aromatic heterocycles. The van der Waals surface area contributed by atoms with Crippen molar-refractivity contribution in [1.29, 1.82) is 0 Å². The molecule has 1 aliphatic heterocycles. The molecule has 14 heteroatoms. The number of fused-ring (bicyclic) bond motifs is 1. The van der Waals surface area contributed by atoms with Gasteiger partial charge in [0.25, 0.3) is 0 Å². The molecule has 354 valence electrons. The molecule has 6 aromatic rings. The van der Waals surface area contributed by atoms with Crippen LogP contribution in [0.4, 0.5) is 0 Å². The number of rotatable bonds is 22. The van der Waals surface area contributed by atoms with Gasteiger partial charge < -0.3 is 42.7 Å². The molecular weight excluding hydrogens is 873 g/mol. The summed E-state index contributed by atoms with van der Waals surface area (Å²) in [7, 11) is 0. The third-order valence-corrected chi connectivity index (χ3v) is 11.3. The van der Waals surface area contributed by atoms with Gasteiger partial charge in [-0.3, -0.25) is 0 Å². The number of carbonyl (C=O) groups is 4. The van der Waals surface area contributed by atoms with Crippen LogP contribution in [0.3, 0.4) is 0 Å². The first-order valence-electron chi connectivity index (χ1n) is 22.9. The van der Waals surface area contributed by atoms with Crippen molar-refractivity contribution in [2.24, 2.45) is 0 Å². The van der Waals surface area contributed by atoms with Crippen molar-refractivity contribution < 1.29 is 61.9 Å². The van der Waals surface area contributed by atoms with Gasteiger partial charge >= 0.3 is 29.5 Å². The van der Waals surface area contributed by atoms with E-state index in [2.05, 4.69) is 6.92 Å². The van der Waals surface area contributed by atoms with Crippen LogP contribution in [0.15, 0.2) is 149 Å². The minimum Gasteiger partial charge on any atom is -0.504 e. The molecule has 0 radical (unpaired) electrons. The zero-order valence-corrected chi connectivity index (χ0v) is 37.7. The predicted molar refractivity (Wildman–Crippen MR) is 250 cm³/mol. The van der Waals surface area contributed by atoms with Crippen LogP contribution in [0.5, 0.6) is 17.2 Å². The Morgan fingerprint density at radius 2 is 1.03 bits per heavy atom. The molecule has 68 heavy (non-hydrogen) atoms. The van der Waals surface area contributed by atoms with Gasteiger partial charge in [-0.25, -0.2) is 24.0 Å². The molecule has 0 amide bonds. The first-order chi connectivity index (χ1) is 33.2. The molecule has 0 aliphatic carbocycles. The standard InChI is InChI=1S/C54H54O14/c1-2-3-4-5-6-7-8-9-22-33-61-46-44(55)41-32-31-40(34-42(41)64-53(46)60)63-54-48(68-52(59)39-29-20-13-21-30-39)47(67-51(58)38-27-18-12-19-28-38)45(66-50(57)37-25-16-11-17-26-37)43(65-54)35-62-49(56)36-23-14-10-15-24-36/h10-21,23-32,34,43,45,47-48,54-55H,2-9,22,33,35H2,1H3/t43-,45-,47+,48+,54+/m1/s1. The normalized spacial score (nSPS) is 17.7. The Kier molecular flexibility index (Phi) is 17.4. The third-order valence-electron chi connectivity index (χ3n) is 11.3. The van der Waals surface area contributed by atoms with Crippen LogP contribution in [-0.2, 0) is 23.7 Å². The molecule has 0 saturated carbocycles. The second kappa shape index (κ2) is 24.4. The van der Waals surface area contributed by atoms with E-state index in [1.165, 1.54) is 86.7 Å². The fraction of sp³-hybridized carbons (Fsp3) is 0.315. The summed E-state index contributed by atoms with van der Waals surface area (Å²) in [5, 5.41) is 11.4. The van der Waals surface area contributed by atoms with Crippen molar-refractivity contribution in [3.63, 3.8) is 0 Å². The molecule has 5 atom stereocenters. The lowest BCUT2D eigenvalue weighted by molar-refractivity contribution is -0.275. The quantitative estimate of drug-likeness (QED) is 0.0294. The summed E-state index contributed by atoms with van der Waals surface area (Å²) >= 11 is 0. The second-order valence-electron chi connectivity index (χ2n) is 16.2. The maximum atomic E-state index is 14.0. The van der Waals surface area contributed by atoms with Crippen molar-refractivity contribution >= 4 is 34.8 Å². The summed E-state index contributed by atoms with van der Waals surface area (Å²) in [5.41, 5.74) is -0.406. The van der Waals surface area contributed by atoms with Crippen molar-refractivity contribution in [2.75, 3.05) is 13.2 Å². The molecule has 0 spiro atoms. The average molecular weight is 927 g/mol. The smallest absolute Gasteiger partial charge is 0.383 e. The molecule has 0 bridgehead atoms. The summed E-state index contributed by atoms with van der Waals surface area (Å²) < 4.78 is 48.3. The van der Waals surface area contributed by atoms with Crippen LogP contribution in [0.2, 0.25) is 0 Å². The van der Waals surface area contributed by atoms with E-state index in [1.807, 2.05) is 0 Å². The summed E-state index contributed by atoms with van der Waals surface area (Å²) in [6.07, 6.45) is 1.85. The first-order valence-corrected chi connectivity index (χ1v) is 22.9. The largest absolute Gasteiger partial charge is 0.504 e. The van der Waals surface area contributed by atoms with Gasteiger partial charge in [0, 0.05) is 6.07 Å². The Morgan fingerprint density at radius 3 is 1.56 bits per heavy atom. The van der Waals surface area contributed by atoms with E-state index in [-0.39, 0.29) is 51.3 Å². The highest BCUT2D eigenvalue weighted by molar-refractivity contribution is 5.92. The van der Waals surface area contributed by atoms with Crippen LogP contribution >= 0.6 is 0 Å². The zero-order valence-electron chi connectivity index (χ0n) is 37.7. The van der Waals surface area contributed by atoms with Crippen molar-refractivity contribution in [2.45, 2.75) is 95.4 Å². The van der Waals surface area contributed by atoms with Crippen LogP contribution in [0.25, 0.3) is 11.0 Å². The van der Waals surface area contributed by atoms with Gasteiger partial charge in [-0.1, -0.05) is 131 Å². The first kappa shape index (κ1) is 48.5. The highest BCUT2D eigenvalue weighted by Crippen LogP contribution is 2.36. The molecule has 1 N–H and O–H groups in total. The van der Waals surface area contributed by atoms with Crippen LogP contribution in [0, 0.1) is 0 Å². The van der Waals surface area contributed by atoms with Crippen LogP contribution in [0.1, 0.15) is 106 Å². The Hall–Kier alpha value is -7.45. The molecule has 7 rings (SSSR count). The molecule has 2 heterocycles. The van der Waals surface area contributed by atoms with E-state index in [0.29, 0.717) is 6.42 Å². The molecule has 1 aliphatic rings. The van der Waals surface area contributed by atoms with Crippen molar-refractivity contribution in [1.82, 2.24) is 0 Å². The van der Waals surface area contributed by atoms with Gasteiger partial charge in [0.1, 0.15) is 24.0 Å². The lowest BCUT2D eigenvalue weighted by Crippen LogP contribution is -2.63. The van der Waals surface area contributed by atoms with Crippen LogP contribution in [-0.4, -0.2) is 72.9 Å². The maximum absolute atomic E-state index is 14.0. The van der Waals surface area contributed by atoms with E-state index in [1.54, 1.807) is 84.9 Å². The van der Waals surface area contributed by atoms with E-state index in [0.717, 1.165) is 19.3 Å². The number of unbranched alkanes of at least 4 members (excludes halogenated alkanes) is 8. The summed E-state index contributed by atoms with van der Waals surface area (Å²) in [6, 6.07) is 36.3. The number of carbonyl (C=O) groups excluding carboxylic acids is 4. The minimum atomic E-state index is -1.68. The van der Waals surface area contributed by atoms with Gasteiger partial charge in [0.2, 0.25) is 18.1 Å². The Bertz CT molecular complexity index is 2640. The Balaban J connectivity index is 1.20. The van der Waals surface area contributed by atoms with Crippen molar-refractivity contribution in [3.05, 3.63) is 172 Å². The number of hydrogen-bond donors (Lipinski definition) is 1. The van der Waals surface area contributed by atoms with E-state index >= 15 is 0 Å². The van der Waals surface area contributed by atoms with Gasteiger partial charge in [0.15, 0.2) is 18.0 Å². The SMILES string of the molecule is CCCCCCCCCCCOc1c(O)c2ccc(O[C@H]3O[C@H](COC(=O)c4ccccc4)[C@@H](OC(=O)c4ccccc4)[C@H](OC(=O)c4ccccc4)[C@@H]3OC(=O)c3ccccc3)cc2oc1=O. The van der Waals surface area contributed by atoms with E-state index < -0.39 is 72.6 Å². The van der Waals surface area contributed by atoms with E-state index in [9.17, 15) is 29.1 Å². The lowest BCUT2D eigenvalue weighted by atomic mass is 9.97. The van der Waals surface area contributed by atoms with Gasteiger partial charge in [-0.05, 0) is 67.1 Å². The topological polar surface area (TPSA) is 183 Å². The molecule has 1 fully saturated rings. The maximum Gasteiger partial charge on any atom is 0.383 e. The second-order valence-corrected chi connectivity index (χ2v) is 16.2. The fourth-order valence-corrected chi connectivity index (χ4v) is 7.69. The third kappa shape index (κ3) is 12.9. The Morgan fingerprint density at radius 1 is 0.559 bits per heavy atom. The number of aromatic hydroxyl groups is 1.